The van der Waals surface area contributed by atoms with Gasteiger partial charge in [-0.05, 0) is 183 Å². The molecule has 0 aromatic heterocycles. The van der Waals surface area contributed by atoms with E-state index in [0.29, 0.717) is 0 Å². The van der Waals surface area contributed by atoms with Gasteiger partial charge in [-0.15, -0.1) is 0 Å². The van der Waals surface area contributed by atoms with Crippen molar-refractivity contribution in [2.24, 2.45) is 0 Å². The number of rotatable bonds is 12. The average molecular weight is 1100 g/mol. The summed E-state index contributed by atoms with van der Waals surface area (Å²) in [4.78, 5) is 4.77. The minimum absolute atomic E-state index is 0.174. The summed E-state index contributed by atoms with van der Waals surface area (Å²) in [6.07, 6.45) is 8.97. The molecule has 0 bridgehead atoms. The third-order valence-electron chi connectivity index (χ3n) is 18.2. The molecule has 0 unspecified atom stereocenters. The Morgan fingerprint density at radius 3 is 0.884 bits per heavy atom. The second kappa shape index (κ2) is 21.3. The van der Waals surface area contributed by atoms with Gasteiger partial charge in [-0.25, -0.2) is 0 Å². The van der Waals surface area contributed by atoms with Gasteiger partial charge < -0.3 is 9.80 Å². The van der Waals surface area contributed by atoms with E-state index in [1.54, 1.807) is 0 Å². The van der Waals surface area contributed by atoms with E-state index in [1.165, 1.54) is 111 Å². The molecule has 15 rings (SSSR count). The Hall–Kier alpha value is -10.5. The van der Waals surface area contributed by atoms with Crippen LogP contribution in [0, 0.1) is 0 Å². The molecule has 0 saturated carbocycles. The minimum atomic E-state index is -0.174. The van der Waals surface area contributed by atoms with Crippen LogP contribution in [0.2, 0.25) is 0 Å². The van der Waals surface area contributed by atoms with Gasteiger partial charge in [-0.3, -0.25) is 0 Å². The number of nitrogens with zero attached hydrogens (tertiary/aromatic N) is 2. The highest BCUT2D eigenvalue weighted by Crippen LogP contribution is 2.53. The zero-order valence-electron chi connectivity index (χ0n) is 48.9. The quantitative estimate of drug-likeness (QED) is 0.113. The van der Waals surface area contributed by atoms with Crippen molar-refractivity contribution in [1.29, 1.82) is 0 Å². The van der Waals surface area contributed by atoms with Crippen LogP contribution >= 0.6 is 0 Å². The largest absolute Gasteiger partial charge is 0.310 e. The molecular weight excluding hydrogens is 1040 g/mol. The molecule has 2 aliphatic rings. The number of hydrogen-bond acceptors (Lipinski definition) is 2. The smallest absolute Gasteiger partial charge is 0.0468 e. The molecule has 0 aliphatic heterocycles. The molecule has 0 spiro atoms. The maximum absolute atomic E-state index is 2.41. The molecule has 410 valence electrons. The second-order valence-corrected chi connectivity index (χ2v) is 24.2. The van der Waals surface area contributed by atoms with Crippen molar-refractivity contribution < 1.29 is 0 Å². The number of hydrogen-bond donors (Lipinski definition) is 0. The van der Waals surface area contributed by atoms with Crippen LogP contribution in [-0.2, 0) is 10.8 Å². The van der Waals surface area contributed by atoms with Gasteiger partial charge in [-0.2, -0.15) is 0 Å². The highest BCUT2D eigenvalue weighted by atomic mass is 15.1. The molecule has 0 fully saturated rings. The van der Waals surface area contributed by atoms with Crippen molar-refractivity contribution >= 4 is 80.0 Å². The first-order valence-electron chi connectivity index (χ1n) is 30.0. The monoisotopic (exact) mass is 1100 g/mol. The lowest BCUT2D eigenvalue weighted by atomic mass is 9.81. The Balaban J connectivity index is 0.603. The van der Waals surface area contributed by atoms with Gasteiger partial charge in [0.2, 0.25) is 0 Å². The van der Waals surface area contributed by atoms with E-state index in [0.717, 1.165) is 34.1 Å². The van der Waals surface area contributed by atoms with E-state index < -0.39 is 0 Å². The van der Waals surface area contributed by atoms with Crippen LogP contribution in [-0.4, -0.2) is 0 Å². The summed E-state index contributed by atoms with van der Waals surface area (Å²) in [5.41, 5.74) is 26.7. The Morgan fingerprint density at radius 1 is 0.221 bits per heavy atom. The number of fused-ring (bicyclic) bond motifs is 8. The summed E-state index contributed by atoms with van der Waals surface area (Å²) in [5, 5.41) is 4.94. The summed E-state index contributed by atoms with van der Waals surface area (Å²) < 4.78 is 0. The molecule has 2 heteroatoms. The van der Waals surface area contributed by atoms with Crippen molar-refractivity contribution in [3.05, 3.63) is 336 Å². The van der Waals surface area contributed by atoms with Crippen LogP contribution in [0.1, 0.15) is 72.2 Å². The van der Waals surface area contributed by atoms with Crippen molar-refractivity contribution in [1.82, 2.24) is 0 Å². The van der Waals surface area contributed by atoms with Crippen LogP contribution < -0.4 is 9.80 Å². The molecular formula is C84H64N2. The van der Waals surface area contributed by atoms with Gasteiger partial charge in [0.05, 0.1) is 0 Å². The molecule has 0 radical (unpaired) electrons. The van der Waals surface area contributed by atoms with Gasteiger partial charge in [0.25, 0.3) is 0 Å². The first kappa shape index (κ1) is 52.3. The highest BCUT2D eigenvalue weighted by Gasteiger charge is 2.38. The molecule has 0 amide bonds. The molecule has 2 aliphatic carbocycles. The Bertz CT molecular complexity index is 4470. The molecule has 2 nitrogen and oxygen atoms in total. The normalized spacial score (nSPS) is 13.4. The van der Waals surface area contributed by atoms with Crippen LogP contribution in [0.25, 0.3) is 90.4 Å². The lowest BCUT2D eigenvalue weighted by Gasteiger charge is -2.28. The number of anilines is 6. The molecule has 13 aromatic carbocycles. The van der Waals surface area contributed by atoms with E-state index >= 15 is 0 Å². The lowest BCUT2D eigenvalue weighted by Crippen LogP contribution is -2.16. The number of para-hydroxylation sites is 2. The summed E-state index contributed by atoms with van der Waals surface area (Å²) in [6, 6.07) is 107. The van der Waals surface area contributed by atoms with E-state index in [1.807, 2.05) is 0 Å². The van der Waals surface area contributed by atoms with Crippen molar-refractivity contribution in [3.63, 3.8) is 0 Å². The van der Waals surface area contributed by atoms with E-state index in [2.05, 4.69) is 353 Å². The molecule has 0 atom stereocenters. The third-order valence-corrected chi connectivity index (χ3v) is 18.2. The fourth-order valence-electron chi connectivity index (χ4n) is 13.5. The second-order valence-electron chi connectivity index (χ2n) is 24.2. The lowest BCUT2D eigenvalue weighted by molar-refractivity contribution is 0.660. The standard InChI is InChI=1S/C84H64N2/c1-83(2)79-51-59(31-47-75(79)77-49-45-73(55-81(77)83)85(69-19-7-5-8-20-69)71-43-41-61-15-11-13-17-67(61)53-71)25-23-57-27-33-63(34-28-57)65-37-39-66(40-38-65)64-35-29-58(30-36-64)24-26-60-32-48-76-78-50-46-74(56-82(78)84(3,4)80(76)52-60)86(70-21-9-6-10-22-70)72-44-42-62-16-12-14-18-68(62)54-72/h5-56H,1-4H3. The predicted molar refractivity (Wildman–Crippen MR) is 368 cm³/mol. The number of benzene rings is 13. The zero-order chi connectivity index (χ0) is 57.9. The molecule has 0 N–H and O–H groups in total. The van der Waals surface area contributed by atoms with Crippen LogP contribution in [0.15, 0.2) is 291 Å². The first-order chi connectivity index (χ1) is 42.1. The van der Waals surface area contributed by atoms with Gasteiger partial charge >= 0.3 is 0 Å². The summed E-state index contributed by atoms with van der Waals surface area (Å²) in [7, 11) is 0. The van der Waals surface area contributed by atoms with E-state index in [-0.39, 0.29) is 10.8 Å². The molecule has 86 heavy (non-hydrogen) atoms. The van der Waals surface area contributed by atoms with E-state index in [4.69, 9.17) is 0 Å². The SMILES string of the molecule is CC1(C)c2cc(C=Cc3ccc(-c4ccc(-c5ccc(C=Cc6ccc7c(c6)C(C)(C)c6cc(N(c8ccccc8)c8ccc9ccccc9c8)ccc6-7)cc5)cc4)cc3)ccc2-c2ccc(N(c3ccccc3)c3ccc4ccccc4c3)cc21. The summed E-state index contributed by atoms with van der Waals surface area (Å²) in [5.74, 6) is 0. The zero-order valence-corrected chi connectivity index (χ0v) is 48.9. The predicted octanol–water partition coefficient (Wildman–Crippen LogP) is 23.2. The first-order valence-corrected chi connectivity index (χ1v) is 30.0. The van der Waals surface area contributed by atoms with Crippen LogP contribution in [0.4, 0.5) is 34.1 Å². The van der Waals surface area contributed by atoms with Crippen molar-refractivity contribution in [3.8, 4) is 44.5 Å². The fourth-order valence-corrected chi connectivity index (χ4v) is 13.5. The van der Waals surface area contributed by atoms with Gasteiger partial charge in [-0.1, -0.05) is 270 Å². The van der Waals surface area contributed by atoms with Crippen molar-refractivity contribution in [2.75, 3.05) is 9.80 Å². The third kappa shape index (κ3) is 9.50. The van der Waals surface area contributed by atoms with Crippen molar-refractivity contribution in [2.45, 2.75) is 38.5 Å². The Labute approximate surface area is 505 Å². The Morgan fingerprint density at radius 2 is 0.500 bits per heavy atom. The minimum Gasteiger partial charge on any atom is -0.310 e. The Kier molecular flexibility index (Phi) is 12.9. The van der Waals surface area contributed by atoms with Gasteiger partial charge in [0, 0.05) is 45.0 Å². The summed E-state index contributed by atoms with van der Waals surface area (Å²) in [6.45, 7) is 9.48. The van der Waals surface area contributed by atoms with E-state index in [9.17, 15) is 0 Å². The maximum atomic E-state index is 2.41. The topological polar surface area (TPSA) is 6.48 Å². The molecule has 0 saturated heterocycles. The molecule has 13 aromatic rings. The fraction of sp³-hybridized carbons (Fsp3) is 0.0714. The van der Waals surface area contributed by atoms with Gasteiger partial charge in [0.15, 0.2) is 0 Å². The maximum Gasteiger partial charge on any atom is 0.0468 e. The summed E-state index contributed by atoms with van der Waals surface area (Å²) >= 11 is 0. The van der Waals surface area contributed by atoms with Gasteiger partial charge in [0.1, 0.15) is 0 Å². The van der Waals surface area contributed by atoms with Crippen LogP contribution in [0.5, 0.6) is 0 Å². The average Bonchev–Trinajstić information content (AvgIpc) is 1.71. The highest BCUT2D eigenvalue weighted by molar-refractivity contribution is 5.94. The molecule has 0 heterocycles. The van der Waals surface area contributed by atoms with Crippen LogP contribution in [0.3, 0.4) is 0 Å².